The Labute approximate surface area is 103 Å². The van der Waals surface area contributed by atoms with Crippen LogP contribution in [0.1, 0.15) is 18.4 Å². The summed E-state index contributed by atoms with van der Waals surface area (Å²) in [4.78, 5) is 2.35. The Hall–Kier alpha value is -1.26. The Bertz CT molecular complexity index is 381. The van der Waals surface area contributed by atoms with Gasteiger partial charge >= 0.3 is 0 Å². The summed E-state index contributed by atoms with van der Waals surface area (Å²) in [5.74, 6) is 0.861. The van der Waals surface area contributed by atoms with Gasteiger partial charge in [0.1, 0.15) is 12.4 Å². The fraction of sp³-hybridized carbons (Fsp3) is 0.538. The first-order valence-electron chi connectivity index (χ1n) is 6.12. The second-order valence-corrected chi connectivity index (χ2v) is 4.65. The minimum Gasteiger partial charge on any atom is -0.492 e. The normalized spacial score (nSPS) is 20.7. The Kier molecular flexibility index (Phi) is 3.86. The Balaban J connectivity index is 1.94. The average molecular weight is 235 g/mol. The van der Waals surface area contributed by atoms with Crippen LogP contribution in [0.25, 0.3) is 0 Å². The van der Waals surface area contributed by atoms with Gasteiger partial charge in [-0.05, 0) is 50.2 Å². The highest BCUT2D eigenvalue weighted by Crippen LogP contribution is 2.21. The highest BCUT2D eigenvalue weighted by Gasteiger charge is 2.21. The van der Waals surface area contributed by atoms with Crippen molar-refractivity contribution in [1.82, 2.24) is 4.90 Å². The number of likely N-dealkylation sites (N-methyl/N-ethyl adjacent to an activating group) is 1. The van der Waals surface area contributed by atoms with Crippen LogP contribution < -0.4 is 16.2 Å². The predicted octanol–water partition coefficient (Wildman–Crippen LogP) is 1.20. The molecule has 2 rings (SSSR count). The summed E-state index contributed by atoms with van der Waals surface area (Å²) in [7, 11) is 2.15. The number of likely N-dealkylation sites (tertiary alicyclic amines) is 1. The van der Waals surface area contributed by atoms with E-state index in [1.54, 1.807) is 0 Å². The topological polar surface area (TPSA) is 64.5 Å². The molecular weight excluding hydrogens is 214 g/mol. The third-order valence-corrected chi connectivity index (χ3v) is 3.45. The van der Waals surface area contributed by atoms with Gasteiger partial charge in [-0.2, -0.15) is 0 Å². The van der Waals surface area contributed by atoms with E-state index >= 15 is 0 Å². The van der Waals surface area contributed by atoms with Crippen molar-refractivity contribution in [3.05, 3.63) is 23.8 Å². The number of nitrogens with two attached hydrogens (primary N) is 2. The van der Waals surface area contributed by atoms with E-state index in [2.05, 4.69) is 11.9 Å². The van der Waals surface area contributed by atoms with Gasteiger partial charge in [-0.3, -0.25) is 0 Å². The summed E-state index contributed by atoms with van der Waals surface area (Å²) in [6, 6.07) is 6.23. The first-order chi connectivity index (χ1) is 8.20. The van der Waals surface area contributed by atoms with Crippen LogP contribution >= 0.6 is 0 Å². The molecule has 94 valence electrons. The van der Waals surface area contributed by atoms with Gasteiger partial charge in [0.15, 0.2) is 0 Å². The van der Waals surface area contributed by atoms with Crippen LogP contribution in [0.15, 0.2) is 18.2 Å². The number of nitrogens with zero attached hydrogens (tertiary/aromatic N) is 1. The molecule has 17 heavy (non-hydrogen) atoms. The lowest BCUT2D eigenvalue weighted by atomic mass is 10.1. The molecule has 0 amide bonds. The van der Waals surface area contributed by atoms with Crippen LogP contribution in [-0.2, 0) is 6.54 Å². The smallest absolute Gasteiger partial charge is 0.119 e. The zero-order valence-corrected chi connectivity index (χ0v) is 10.4. The van der Waals surface area contributed by atoms with Crippen LogP contribution in [0.4, 0.5) is 5.69 Å². The highest BCUT2D eigenvalue weighted by molar-refractivity contribution is 5.50. The van der Waals surface area contributed by atoms with Gasteiger partial charge in [-0.25, -0.2) is 0 Å². The lowest BCUT2D eigenvalue weighted by molar-refractivity contribution is 0.198. The molecule has 4 nitrogen and oxygen atoms in total. The van der Waals surface area contributed by atoms with Crippen molar-refractivity contribution in [2.45, 2.75) is 25.4 Å². The van der Waals surface area contributed by atoms with E-state index in [0.29, 0.717) is 12.6 Å². The fourth-order valence-electron chi connectivity index (χ4n) is 2.23. The molecule has 0 bridgehead atoms. The van der Waals surface area contributed by atoms with Crippen molar-refractivity contribution in [3.8, 4) is 5.75 Å². The Morgan fingerprint density at radius 1 is 1.47 bits per heavy atom. The van der Waals surface area contributed by atoms with Crippen LogP contribution in [0.5, 0.6) is 5.75 Å². The predicted molar refractivity (Wildman–Crippen MR) is 69.9 cm³/mol. The van der Waals surface area contributed by atoms with Crippen molar-refractivity contribution in [2.75, 3.05) is 25.9 Å². The van der Waals surface area contributed by atoms with Crippen LogP contribution in [0.3, 0.4) is 0 Å². The van der Waals surface area contributed by atoms with Crippen molar-refractivity contribution < 1.29 is 4.74 Å². The summed E-state index contributed by atoms with van der Waals surface area (Å²) in [6.45, 7) is 2.36. The molecule has 1 atom stereocenters. The van der Waals surface area contributed by atoms with Crippen LogP contribution in [-0.4, -0.2) is 31.1 Å². The van der Waals surface area contributed by atoms with Gasteiger partial charge in [0.25, 0.3) is 0 Å². The molecule has 0 saturated carbocycles. The molecule has 0 aromatic heterocycles. The van der Waals surface area contributed by atoms with E-state index in [4.69, 9.17) is 16.2 Å². The zero-order chi connectivity index (χ0) is 12.3. The third kappa shape index (κ3) is 2.90. The Morgan fingerprint density at radius 3 is 2.94 bits per heavy atom. The van der Waals surface area contributed by atoms with E-state index < -0.39 is 0 Å². The molecule has 1 aromatic carbocycles. The molecule has 0 spiro atoms. The molecule has 0 aliphatic carbocycles. The summed E-state index contributed by atoms with van der Waals surface area (Å²) in [6.07, 6.45) is 2.48. The number of hydrogen-bond donors (Lipinski definition) is 2. The van der Waals surface area contributed by atoms with Crippen molar-refractivity contribution in [1.29, 1.82) is 0 Å². The van der Waals surface area contributed by atoms with Gasteiger partial charge in [0.2, 0.25) is 0 Å². The summed E-state index contributed by atoms with van der Waals surface area (Å²) >= 11 is 0. The monoisotopic (exact) mass is 235 g/mol. The van der Waals surface area contributed by atoms with E-state index in [1.165, 1.54) is 19.4 Å². The van der Waals surface area contributed by atoms with Crippen LogP contribution in [0, 0.1) is 0 Å². The second kappa shape index (κ2) is 5.38. The molecule has 1 heterocycles. The van der Waals surface area contributed by atoms with E-state index in [-0.39, 0.29) is 0 Å². The lowest BCUT2D eigenvalue weighted by Crippen LogP contribution is -2.30. The molecule has 1 aliphatic heterocycles. The molecule has 4 N–H and O–H groups in total. The molecule has 1 aromatic rings. The standard InChI is InChI=1S/C13H21N3O/c1-16-6-2-3-11(16)9-17-12-4-5-13(15)10(7-12)8-14/h4-5,7,11H,2-3,6,8-9,14-15H2,1H3/t11-/m0/s1. The Morgan fingerprint density at radius 2 is 2.29 bits per heavy atom. The summed E-state index contributed by atoms with van der Waals surface area (Å²) < 4.78 is 5.81. The maximum Gasteiger partial charge on any atom is 0.119 e. The largest absolute Gasteiger partial charge is 0.492 e. The maximum atomic E-state index is 5.81. The average Bonchev–Trinajstić information content (AvgIpc) is 2.74. The molecular formula is C13H21N3O. The molecule has 0 unspecified atom stereocenters. The number of anilines is 1. The number of rotatable bonds is 4. The first-order valence-corrected chi connectivity index (χ1v) is 6.12. The van der Waals surface area contributed by atoms with E-state index in [0.717, 1.165) is 23.6 Å². The quantitative estimate of drug-likeness (QED) is 0.770. The van der Waals surface area contributed by atoms with Crippen molar-refractivity contribution in [3.63, 3.8) is 0 Å². The van der Waals surface area contributed by atoms with Crippen molar-refractivity contribution in [2.24, 2.45) is 5.73 Å². The molecule has 1 fully saturated rings. The first kappa shape index (κ1) is 12.2. The number of nitrogen functional groups attached to an aromatic ring is 1. The molecule has 1 aliphatic rings. The number of hydrogen-bond acceptors (Lipinski definition) is 4. The highest BCUT2D eigenvalue weighted by atomic mass is 16.5. The van der Waals surface area contributed by atoms with Crippen molar-refractivity contribution >= 4 is 5.69 Å². The fourth-order valence-corrected chi connectivity index (χ4v) is 2.23. The molecule has 4 heteroatoms. The third-order valence-electron chi connectivity index (χ3n) is 3.45. The van der Waals surface area contributed by atoms with E-state index in [1.807, 2.05) is 18.2 Å². The minimum atomic E-state index is 0.451. The molecule has 0 radical (unpaired) electrons. The number of ether oxygens (including phenoxy) is 1. The van der Waals surface area contributed by atoms with Crippen LogP contribution in [0.2, 0.25) is 0 Å². The van der Waals surface area contributed by atoms with Gasteiger partial charge in [-0.1, -0.05) is 0 Å². The van der Waals surface area contributed by atoms with Gasteiger partial charge in [-0.15, -0.1) is 0 Å². The lowest BCUT2D eigenvalue weighted by Gasteiger charge is -2.20. The van der Waals surface area contributed by atoms with Gasteiger partial charge in [0, 0.05) is 18.3 Å². The SMILES string of the molecule is CN1CCC[C@H]1COc1ccc(N)c(CN)c1. The summed E-state index contributed by atoms with van der Waals surface area (Å²) in [5, 5.41) is 0. The van der Waals surface area contributed by atoms with Gasteiger partial charge < -0.3 is 21.1 Å². The molecule has 1 saturated heterocycles. The summed E-state index contributed by atoms with van der Waals surface area (Å²) in [5.41, 5.74) is 13.1. The minimum absolute atomic E-state index is 0.451. The second-order valence-electron chi connectivity index (χ2n) is 4.65. The maximum absolute atomic E-state index is 5.81. The van der Waals surface area contributed by atoms with Gasteiger partial charge in [0.05, 0.1) is 0 Å². The zero-order valence-electron chi connectivity index (χ0n) is 10.4. The van der Waals surface area contributed by atoms with E-state index in [9.17, 15) is 0 Å². The number of benzene rings is 1.